The van der Waals surface area contributed by atoms with Crippen molar-refractivity contribution >= 4 is 6.03 Å². The Hall–Kier alpha value is -1.91. The van der Waals surface area contributed by atoms with Crippen LogP contribution in [0.5, 0.6) is 11.5 Å². The Balaban J connectivity index is 1.75. The van der Waals surface area contributed by atoms with Crippen molar-refractivity contribution in [3.05, 3.63) is 23.8 Å². The molecule has 0 aromatic heterocycles. The Morgan fingerprint density at radius 3 is 2.62 bits per heavy atom. The molecular formula is C19H28N2O3. The Labute approximate surface area is 144 Å². The van der Waals surface area contributed by atoms with E-state index in [-0.39, 0.29) is 11.6 Å². The van der Waals surface area contributed by atoms with Gasteiger partial charge >= 0.3 is 6.03 Å². The zero-order valence-electron chi connectivity index (χ0n) is 14.9. The second-order valence-corrected chi connectivity index (χ2v) is 6.83. The number of nitrogens with zero attached hydrogens (tertiary/aromatic N) is 1. The molecule has 1 saturated carbocycles. The van der Waals surface area contributed by atoms with Gasteiger partial charge in [-0.15, -0.1) is 0 Å². The molecule has 1 aromatic rings. The predicted octanol–water partition coefficient (Wildman–Crippen LogP) is 3.67. The number of carbonyl (C=O) groups excluding carboxylic acids is 1. The quantitative estimate of drug-likeness (QED) is 0.895. The van der Waals surface area contributed by atoms with Gasteiger partial charge in [0.05, 0.1) is 19.8 Å². The molecule has 2 amide bonds. The monoisotopic (exact) mass is 332 g/mol. The van der Waals surface area contributed by atoms with Crippen molar-refractivity contribution in [3.63, 3.8) is 0 Å². The maximum Gasteiger partial charge on any atom is 0.318 e. The molecule has 1 aromatic carbocycles. The number of likely N-dealkylation sites (tertiary alicyclic amines) is 1. The van der Waals surface area contributed by atoms with E-state index in [1.54, 1.807) is 14.2 Å². The molecule has 1 heterocycles. The lowest BCUT2D eigenvalue weighted by Crippen LogP contribution is -2.51. The van der Waals surface area contributed by atoms with Crippen molar-refractivity contribution in [3.8, 4) is 11.5 Å². The number of hydrogen-bond acceptors (Lipinski definition) is 3. The molecule has 1 atom stereocenters. The smallest absolute Gasteiger partial charge is 0.318 e. The minimum Gasteiger partial charge on any atom is -0.493 e. The predicted molar refractivity (Wildman–Crippen MR) is 93.6 cm³/mol. The first-order valence-electron chi connectivity index (χ1n) is 8.95. The average Bonchev–Trinajstić information content (AvgIpc) is 3.41. The fourth-order valence-corrected chi connectivity index (χ4v) is 3.71. The largest absolute Gasteiger partial charge is 0.493 e. The highest BCUT2D eigenvalue weighted by atomic mass is 16.5. The van der Waals surface area contributed by atoms with Crippen molar-refractivity contribution in [2.24, 2.45) is 0 Å². The van der Waals surface area contributed by atoms with Crippen LogP contribution in [0.3, 0.4) is 0 Å². The molecule has 1 aliphatic heterocycles. The summed E-state index contributed by atoms with van der Waals surface area (Å²) >= 11 is 0. The van der Waals surface area contributed by atoms with E-state index in [4.69, 9.17) is 9.47 Å². The number of amides is 2. The first kappa shape index (κ1) is 16.9. The Morgan fingerprint density at radius 1 is 1.25 bits per heavy atom. The molecule has 5 nitrogen and oxygen atoms in total. The zero-order valence-corrected chi connectivity index (χ0v) is 14.9. The maximum atomic E-state index is 12.8. The summed E-state index contributed by atoms with van der Waals surface area (Å²) in [5.74, 6) is 1.42. The molecule has 1 unspecified atom stereocenters. The molecule has 0 bridgehead atoms. The SMILES string of the molecule is CCC1CCCCN1C(=O)NC1(c2ccc(OC)c(OC)c2)CC1. The van der Waals surface area contributed by atoms with Crippen molar-refractivity contribution in [2.75, 3.05) is 20.8 Å². The number of hydrogen-bond donors (Lipinski definition) is 1. The summed E-state index contributed by atoms with van der Waals surface area (Å²) in [6, 6.07) is 6.38. The summed E-state index contributed by atoms with van der Waals surface area (Å²) in [6.45, 7) is 3.03. The van der Waals surface area contributed by atoms with Gasteiger partial charge in [-0.2, -0.15) is 0 Å². The van der Waals surface area contributed by atoms with E-state index < -0.39 is 0 Å². The third kappa shape index (κ3) is 3.17. The number of carbonyl (C=O) groups is 1. The van der Waals surface area contributed by atoms with E-state index in [0.29, 0.717) is 17.5 Å². The van der Waals surface area contributed by atoms with Crippen LogP contribution in [0.1, 0.15) is 51.0 Å². The van der Waals surface area contributed by atoms with Crippen molar-refractivity contribution < 1.29 is 14.3 Å². The van der Waals surface area contributed by atoms with Gasteiger partial charge in [-0.05, 0) is 56.2 Å². The van der Waals surface area contributed by atoms with Crippen LogP contribution in [-0.2, 0) is 5.54 Å². The Kier molecular flexibility index (Phi) is 4.88. The van der Waals surface area contributed by atoms with Crippen LogP contribution in [0.15, 0.2) is 18.2 Å². The topological polar surface area (TPSA) is 50.8 Å². The molecule has 1 saturated heterocycles. The third-order valence-electron chi connectivity index (χ3n) is 5.39. The van der Waals surface area contributed by atoms with E-state index in [9.17, 15) is 4.79 Å². The fourth-order valence-electron chi connectivity index (χ4n) is 3.71. The van der Waals surface area contributed by atoms with Gasteiger partial charge in [-0.1, -0.05) is 13.0 Å². The zero-order chi connectivity index (χ0) is 17.2. The van der Waals surface area contributed by atoms with E-state index >= 15 is 0 Å². The lowest BCUT2D eigenvalue weighted by Gasteiger charge is -2.36. The molecule has 2 fully saturated rings. The number of benzene rings is 1. The second-order valence-electron chi connectivity index (χ2n) is 6.83. The van der Waals surface area contributed by atoms with Crippen LogP contribution >= 0.6 is 0 Å². The number of ether oxygens (including phenoxy) is 2. The summed E-state index contributed by atoms with van der Waals surface area (Å²) in [4.78, 5) is 14.9. The normalized spacial score (nSPS) is 22.0. The van der Waals surface area contributed by atoms with Crippen LogP contribution in [0, 0.1) is 0 Å². The molecule has 5 heteroatoms. The van der Waals surface area contributed by atoms with Gasteiger partial charge in [0.25, 0.3) is 0 Å². The van der Waals surface area contributed by atoms with Crippen molar-refractivity contribution in [1.29, 1.82) is 0 Å². The number of methoxy groups -OCH3 is 2. The lowest BCUT2D eigenvalue weighted by atomic mass is 10.00. The highest BCUT2D eigenvalue weighted by Gasteiger charge is 2.47. The molecule has 1 aliphatic carbocycles. The summed E-state index contributed by atoms with van der Waals surface area (Å²) in [7, 11) is 3.27. The number of urea groups is 1. The van der Waals surface area contributed by atoms with Gasteiger partial charge in [0.15, 0.2) is 11.5 Å². The Morgan fingerprint density at radius 2 is 2.00 bits per heavy atom. The molecule has 132 valence electrons. The first-order chi connectivity index (χ1) is 11.6. The summed E-state index contributed by atoms with van der Waals surface area (Å²) in [6.07, 6.45) is 6.41. The van der Waals surface area contributed by atoms with Gasteiger partial charge in [0.1, 0.15) is 0 Å². The molecular weight excluding hydrogens is 304 g/mol. The summed E-state index contributed by atoms with van der Waals surface area (Å²) in [5.41, 5.74) is 0.852. The fraction of sp³-hybridized carbons (Fsp3) is 0.632. The van der Waals surface area contributed by atoms with Crippen LogP contribution < -0.4 is 14.8 Å². The highest BCUT2D eigenvalue weighted by molar-refractivity contribution is 5.76. The molecule has 24 heavy (non-hydrogen) atoms. The van der Waals surface area contributed by atoms with E-state index in [0.717, 1.165) is 44.2 Å². The second kappa shape index (κ2) is 6.91. The Bertz CT molecular complexity index is 598. The van der Waals surface area contributed by atoms with Gasteiger partial charge in [0, 0.05) is 12.6 Å². The summed E-state index contributed by atoms with van der Waals surface area (Å²) in [5, 5.41) is 3.30. The van der Waals surface area contributed by atoms with Gasteiger partial charge in [0.2, 0.25) is 0 Å². The molecule has 3 rings (SSSR count). The first-order valence-corrected chi connectivity index (χ1v) is 8.95. The van der Waals surface area contributed by atoms with E-state index in [1.807, 2.05) is 23.1 Å². The van der Waals surface area contributed by atoms with Crippen molar-refractivity contribution in [1.82, 2.24) is 10.2 Å². The van der Waals surface area contributed by atoms with E-state index in [2.05, 4.69) is 12.2 Å². The molecule has 0 radical (unpaired) electrons. The van der Waals surface area contributed by atoms with E-state index in [1.165, 1.54) is 6.42 Å². The van der Waals surface area contributed by atoms with Crippen molar-refractivity contribution in [2.45, 2.75) is 57.0 Å². The maximum absolute atomic E-state index is 12.8. The third-order valence-corrected chi connectivity index (χ3v) is 5.39. The minimum atomic E-state index is -0.244. The van der Waals surface area contributed by atoms with Gasteiger partial charge < -0.3 is 19.7 Å². The van der Waals surface area contributed by atoms with Crippen LogP contribution in [0.25, 0.3) is 0 Å². The minimum absolute atomic E-state index is 0.0776. The summed E-state index contributed by atoms with van der Waals surface area (Å²) < 4.78 is 10.7. The van der Waals surface area contributed by atoms with Gasteiger partial charge in [-0.25, -0.2) is 4.79 Å². The molecule has 1 N–H and O–H groups in total. The van der Waals surface area contributed by atoms with Gasteiger partial charge in [-0.3, -0.25) is 0 Å². The van der Waals surface area contributed by atoms with Crippen LogP contribution in [-0.4, -0.2) is 37.7 Å². The molecule has 0 spiro atoms. The highest BCUT2D eigenvalue weighted by Crippen LogP contribution is 2.47. The molecule has 2 aliphatic rings. The number of piperidine rings is 1. The average molecular weight is 332 g/mol. The van der Waals surface area contributed by atoms with Crippen LogP contribution in [0.2, 0.25) is 0 Å². The lowest BCUT2D eigenvalue weighted by molar-refractivity contribution is 0.144. The standard InChI is InChI=1S/C19H28N2O3/c1-4-15-7-5-6-12-21(15)18(22)20-19(10-11-19)14-8-9-16(23-2)17(13-14)24-3/h8-9,13,15H,4-7,10-12H2,1-3H3,(H,20,22). The van der Waals surface area contributed by atoms with Crippen LogP contribution in [0.4, 0.5) is 4.79 Å². The number of rotatable bonds is 5. The number of nitrogens with one attached hydrogen (secondary N) is 1.